The van der Waals surface area contributed by atoms with E-state index in [1.807, 2.05) is 4.90 Å². The second kappa shape index (κ2) is 9.35. The average molecular weight is 405 g/mol. The van der Waals surface area contributed by atoms with Crippen LogP contribution in [0.25, 0.3) is 0 Å². The molecule has 1 aromatic carbocycles. The van der Waals surface area contributed by atoms with Gasteiger partial charge in [0.05, 0.1) is 21.3 Å². The van der Waals surface area contributed by atoms with E-state index in [0.717, 1.165) is 26.2 Å². The number of rotatable bonds is 5. The molecule has 2 aliphatic rings. The zero-order chi connectivity index (χ0) is 21.0. The van der Waals surface area contributed by atoms with Gasteiger partial charge in [0.2, 0.25) is 11.7 Å². The van der Waals surface area contributed by atoms with E-state index in [2.05, 4.69) is 11.9 Å². The maximum atomic E-state index is 13.0. The van der Waals surface area contributed by atoms with Crippen molar-refractivity contribution in [1.29, 1.82) is 0 Å². The lowest BCUT2D eigenvalue weighted by Gasteiger charge is -2.37. The molecule has 0 radical (unpaired) electrons. The molecule has 0 aromatic heterocycles. The molecule has 160 valence electrons. The largest absolute Gasteiger partial charge is 0.493 e. The number of likely N-dealkylation sites (N-methyl/N-ethyl adjacent to an activating group) is 1. The first-order valence-electron chi connectivity index (χ1n) is 10.0. The van der Waals surface area contributed by atoms with Crippen molar-refractivity contribution in [3.8, 4) is 17.2 Å². The summed E-state index contributed by atoms with van der Waals surface area (Å²) >= 11 is 0. The molecule has 3 rings (SSSR count). The second-order valence-electron chi connectivity index (χ2n) is 7.61. The summed E-state index contributed by atoms with van der Waals surface area (Å²) in [6.07, 6.45) is 1.39. The van der Waals surface area contributed by atoms with Gasteiger partial charge in [-0.2, -0.15) is 0 Å². The Hall–Kier alpha value is -2.48. The maximum absolute atomic E-state index is 13.0. The van der Waals surface area contributed by atoms with Crippen LogP contribution in [0.2, 0.25) is 0 Å². The van der Waals surface area contributed by atoms with Gasteiger partial charge in [0.1, 0.15) is 0 Å². The summed E-state index contributed by atoms with van der Waals surface area (Å²) in [7, 11) is 6.67. The zero-order valence-corrected chi connectivity index (χ0v) is 17.8. The van der Waals surface area contributed by atoms with E-state index in [-0.39, 0.29) is 17.7 Å². The van der Waals surface area contributed by atoms with Crippen molar-refractivity contribution in [3.05, 3.63) is 17.7 Å². The predicted molar refractivity (Wildman–Crippen MR) is 109 cm³/mol. The molecule has 0 bridgehead atoms. The lowest BCUT2D eigenvalue weighted by Crippen LogP contribution is -2.51. The van der Waals surface area contributed by atoms with Gasteiger partial charge in [0.25, 0.3) is 5.91 Å². The van der Waals surface area contributed by atoms with Crippen molar-refractivity contribution >= 4 is 11.8 Å². The van der Waals surface area contributed by atoms with Crippen LogP contribution in [0.4, 0.5) is 0 Å². The Morgan fingerprint density at radius 3 is 1.86 bits per heavy atom. The van der Waals surface area contributed by atoms with E-state index in [4.69, 9.17) is 14.2 Å². The summed E-state index contributed by atoms with van der Waals surface area (Å²) in [6.45, 7) is 4.56. The fourth-order valence-electron chi connectivity index (χ4n) is 4.00. The number of ether oxygens (including phenoxy) is 3. The molecule has 2 aliphatic heterocycles. The molecule has 2 fully saturated rings. The van der Waals surface area contributed by atoms with Crippen molar-refractivity contribution in [2.24, 2.45) is 5.92 Å². The first-order valence-corrected chi connectivity index (χ1v) is 10.0. The number of nitrogens with zero attached hydrogens (tertiary/aromatic N) is 3. The number of likely N-dealkylation sites (tertiary alicyclic amines) is 1. The fourth-order valence-corrected chi connectivity index (χ4v) is 4.00. The van der Waals surface area contributed by atoms with Crippen molar-refractivity contribution in [2.45, 2.75) is 12.8 Å². The van der Waals surface area contributed by atoms with Crippen molar-refractivity contribution in [3.63, 3.8) is 0 Å². The van der Waals surface area contributed by atoms with Crippen LogP contribution in [0.3, 0.4) is 0 Å². The molecule has 0 atom stereocenters. The first kappa shape index (κ1) is 21.2. The summed E-state index contributed by atoms with van der Waals surface area (Å²) in [5.74, 6) is 1.52. The molecule has 2 amide bonds. The minimum atomic E-state index is -0.0882. The monoisotopic (exact) mass is 405 g/mol. The number of hydrogen-bond donors (Lipinski definition) is 0. The van der Waals surface area contributed by atoms with Crippen LogP contribution in [0, 0.1) is 5.92 Å². The van der Waals surface area contributed by atoms with Gasteiger partial charge < -0.3 is 28.9 Å². The van der Waals surface area contributed by atoms with Gasteiger partial charge in [-0.05, 0) is 32.0 Å². The first-order chi connectivity index (χ1) is 14.0. The molecule has 2 saturated heterocycles. The second-order valence-corrected chi connectivity index (χ2v) is 7.61. The number of piperidine rings is 1. The van der Waals surface area contributed by atoms with Crippen molar-refractivity contribution in [1.82, 2.24) is 14.7 Å². The van der Waals surface area contributed by atoms with E-state index in [9.17, 15) is 9.59 Å². The maximum Gasteiger partial charge on any atom is 0.254 e. The van der Waals surface area contributed by atoms with E-state index in [0.29, 0.717) is 48.7 Å². The highest BCUT2D eigenvalue weighted by atomic mass is 16.5. The van der Waals surface area contributed by atoms with Crippen LogP contribution in [0.1, 0.15) is 23.2 Å². The van der Waals surface area contributed by atoms with Crippen LogP contribution < -0.4 is 14.2 Å². The highest BCUT2D eigenvalue weighted by Gasteiger charge is 2.32. The van der Waals surface area contributed by atoms with Gasteiger partial charge in [-0.3, -0.25) is 9.59 Å². The number of amides is 2. The summed E-state index contributed by atoms with van der Waals surface area (Å²) < 4.78 is 16.0. The average Bonchev–Trinajstić information content (AvgIpc) is 2.77. The number of carbonyl (C=O) groups is 2. The minimum absolute atomic E-state index is 0.00222. The highest BCUT2D eigenvalue weighted by Crippen LogP contribution is 2.38. The molecule has 0 saturated carbocycles. The molecule has 0 spiro atoms. The van der Waals surface area contributed by atoms with Gasteiger partial charge in [0.15, 0.2) is 11.5 Å². The zero-order valence-electron chi connectivity index (χ0n) is 17.8. The van der Waals surface area contributed by atoms with Crippen LogP contribution >= 0.6 is 0 Å². The number of benzene rings is 1. The molecule has 29 heavy (non-hydrogen) atoms. The third kappa shape index (κ3) is 4.58. The summed E-state index contributed by atoms with van der Waals surface area (Å²) in [5.41, 5.74) is 0.489. The normalized spacial score (nSPS) is 18.5. The molecule has 8 heteroatoms. The molecule has 8 nitrogen and oxygen atoms in total. The van der Waals surface area contributed by atoms with Crippen molar-refractivity contribution in [2.75, 3.05) is 67.6 Å². The van der Waals surface area contributed by atoms with E-state index in [1.54, 1.807) is 17.0 Å². The van der Waals surface area contributed by atoms with Crippen LogP contribution in [-0.2, 0) is 4.79 Å². The summed E-state index contributed by atoms with van der Waals surface area (Å²) in [5, 5.41) is 0. The minimum Gasteiger partial charge on any atom is -0.493 e. The Morgan fingerprint density at radius 2 is 1.38 bits per heavy atom. The molecule has 0 aliphatic carbocycles. The van der Waals surface area contributed by atoms with Crippen molar-refractivity contribution < 1.29 is 23.8 Å². The number of methoxy groups -OCH3 is 3. The van der Waals surface area contributed by atoms with Crippen LogP contribution in [-0.4, -0.2) is 94.2 Å². The lowest BCUT2D eigenvalue weighted by atomic mass is 9.94. The van der Waals surface area contributed by atoms with Gasteiger partial charge in [-0.25, -0.2) is 0 Å². The van der Waals surface area contributed by atoms with E-state index in [1.165, 1.54) is 21.3 Å². The van der Waals surface area contributed by atoms with Crippen LogP contribution in [0.5, 0.6) is 17.2 Å². The molecule has 0 N–H and O–H groups in total. The van der Waals surface area contributed by atoms with Gasteiger partial charge in [-0.1, -0.05) is 0 Å². The van der Waals surface area contributed by atoms with Gasteiger partial charge in [-0.15, -0.1) is 0 Å². The van der Waals surface area contributed by atoms with Gasteiger partial charge in [0, 0.05) is 50.7 Å². The SMILES string of the molecule is COc1cc(C(=O)N2CCC(C(=O)N3CCN(C)CC3)CC2)cc(OC)c1OC. The third-order valence-corrected chi connectivity index (χ3v) is 5.86. The highest BCUT2D eigenvalue weighted by molar-refractivity contribution is 5.96. The number of hydrogen-bond acceptors (Lipinski definition) is 6. The fraction of sp³-hybridized carbons (Fsp3) is 0.619. The Kier molecular flexibility index (Phi) is 6.84. The quantitative estimate of drug-likeness (QED) is 0.736. The summed E-state index contributed by atoms with van der Waals surface area (Å²) in [4.78, 5) is 31.8. The molecular weight excluding hydrogens is 374 g/mol. The van der Waals surface area contributed by atoms with E-state index < -0.39 is 0 Å². The topological polar surface area (TPSA) is 71.6 Å². The van der Waals surface area contributed by atoms with Gasteiger partial charge >= 0.3 is 0 Å². The number of piperazine rings is 1. The standard InChI is InChI=1S/C21H31N3O5/c1-22-9-11-24(12-10-22)20(25)15-5-7-23(8-6-15)21(26)16-13-17(27-2)19(29-4)18(14-16)28-3/h13-15H,5-12H2,1-4H3. The Labute approximate surface area is 172 Å². The van der Waals surface area contributed by atoms with Crippen LogP contribution in [0.15, 0.2) is 12.1 Å². The Morgan fingerprint density at radius 1 is 0.828 bits per heavy atom. The molecule has 1 aromatic rings. The Balaban J connectivity index is 1.63. The van der Waals surface area contributed by atoms with E-state index >= 15 is 0 Å². The third-order valence-electron chi connectivity index (χ3n) is 5.86. The predicted octanol–water partition coefficient (Wildman–Crippen LogP) is 1.34. The Bertz CT molecular complexity index is 713. The summed E-state index contributed by atoms with van der Waals surface area (Å²) in [6, 6.07) is 3.34. The number of carbonyl (C=O) groups excluding carboxylic acids is 2. The lowest BCUT2D eigenvalue weighted by molar-refractivity contribution is -0.138. The molecule has 0 unspecified atom stereocenters. The smallest absolute Gasteiger partial charge is 0.254 e. The molecular formula is C21H31N3O5. The molecule has 2 heterocycles.